The van der Waals surface area contributed by atoms with E-state index >= 15 is 0 Å². The fraction of sp³-hybridized carbons (Fsp3) is 0. The summed E-state index contributed by atoms with van der Waals surface area (Å²) in [6, 6.07) is 0. The fourth-order valence-electron chi connectivity index (χ4n) is 0. The van der Waals surface area contributed by atoms with Crippen molar-refractivity contribution in [3.63, 3.8) is 0 Å². The zero-order valence-corrected chi connectivity index (χ0v) is 8.02. The second kappa shape index (κ2) is 3.46. The minimum absolute atomic E-state index is 0. The van der Waals surface area contributed by atoms with Crippen molar-refractivity contribution in [3.05, 3.63) is 0 Å². The van der Waals surface area contributed by atoms with E-state index in [2.05, 4.69) is 0 Å². The number of hydrogen-bond donors (Lipinski definition) is 1. The van der Waals surface area contributed by atoms with E-state index in [1.165, 1.54) is 0 Å². The summed E-state index contributed by atoms with van der Waals surface area (Å²) in [5.41, 5.74) is 0. The summed E-state index contributed by atoms with van der Waals surface area (Å²) in [6.07, 6.45) is 0. The van der Waals surface area contributed by atoms with Crippen molar-refractivity contribution in [2.24, 2.45) is 0 Å². The molecular formula is HIO3SSb. The van der Waals surface area contributed by atoms with E-state index in [9.17, 15) is 8.42 Å². The van der Waals surface area contributed by atoms with Crippen LogP contribution in [0.1, 0.15) is 0 Å². The molecule has 0 aliphatic rings. The number of rotatable bonds is 0. The standard InChI is InChI=1S/HIO3S.Sb/c1-5(2,3)4;/h(H,2,3,4);. The summed E-state index contributed by atoms with van der Waals surface area (Å²) < 4.78 is 25.8. The van der Waals surface area contributed by atoms with Gasteiger partial charge in [0.05, 0.1) is 0 Å². The molecule has 0 aromatic carbocycles. The molecular weight excluding hydrogens is 329 g/mol. The molecule has 0 saturated heterocycles. The van der Waals surface area contributed by atoms with Gasteiger partial charge in [-0.25, -0.2) is 0 Å². The molecule has 6 heavy (non-hydrogen) atoms. The van der Waals surface area contributed by atoms with Gasteiger partial charge in [0.2, 0.25) is 0 Å². The van der Waals surface area contributed by atoms with Crippen LogP contribution in [-0.4, -0.2) is 37.4 Å². The molecule has 1 N–H and O–H groups in total. The molecule has 0 aliphatic heterocycles. The van der Waals surface area contributed by atoms with Crippen LogP contribution >= 0.6 is 21.2 Å². The first-order valence-corrected chi connectivity index (χ1v) is 4.65. The summed E-state index contributed by atoms with van der Waals surface area (Å²) in [5.74, 6) is 0. The third-order valence-electron chi connectivity index (χ3n) is 0. The van der Waals surface area contributed by atoms with Crippen molar-refractivity contribution in [2.75, 3.05) is 0 Å². The molecule has 0 fully saturated rings. The van der Waals surface area contributed by atoms with Crippen molar-refractivity contribution < 1.29 is 13.0 Å². The molecule has 3 radical (unpaired) electrons. The summed E-state index contributed by atoms with van der Waals surface area (Å²) in [4.78, 5) is 0. The smallest absolute Gasteiger partial charge is 0.278 e. The molecule has 0 amide bonds. The van der Waals surface area contributed by atoms with Gasteiger partial charge in [-0.2, -0.15) is 8.42 Å². The normalized spacial score (nSPS) is 9.67. The molecule has 0 saturated carbocycles. The van der Waals surface area contributed by atoms with E-state index in [-0.39, 0.29) is 24.4 Å². The van der Waals surface area contributed by atoms with Crippen LogP contribution in [0.2, 0.25) is 0 Å². The fourth-order valence-corrected chi connectivity index (χ4v) is 0. The van der Waals surface area contributed by atoms with Gasteiger partial charge in [-0.05, 0) is 0 Å². The molecule has 0 spiro atoms. The van der Waals surface area contributed by atoms with Crippen LogP contribution in [0.5, 0.6) is 0 Å². The first kappa shape index (κ1) is 10.4. The first-order valence-electron chi connectivity index (χ1n) is 0.670. The topological polar surface area (TPSA) is 54.4 Å². The third kappa shape index (κ3) is 51.0. The van der Waals surface area contributed by atoms with Crippen LogP contribution in [0, 0.1) is 0 Å². The summed E-state index contributed by atoms with van der Waals surface area (Å²) in [7, 11) is -3.70. The Labute approximate surface area is 65.3 Å². The predicted molar refractivity (Wildman–Crippen MR) is 31.3 cm³/mol. The van der Waals surface area contributed by atoms with Gasteiger partial charge in [-0.3, -0.25) is 4.55 Å². The predicted octanol–water partition coefficient (Wildman–Crippen LogP) is -0.157. The molecule has 0 aliphatic carbocycles. The van der Waals surface area contributed by atoms with Gasteiger partial charge in [0.25, 0.3) is 0 Å². The van der Waals surface area contributed by atoms with E-state index in [0.29, 0.717) is 0 Å². The van der Waals surface area contributed by atoms with Crippen LogP contribution in [0.25, 0.3) is 0 Å². The van der Waals surface area contributed by atoms with Gasteiger partial charge in [0, 0.05) is 24.4 Å². The Hall–Kier alpha value is 1.46. The van der Waals surface area contributed by atoms with Gasteiger partial charge >= 0.3 is 7.29 Å². The van der Waals surface area contributed by atoms with Crippen molar-refractivity contribution in [1.29, 1.82) is 0 Å². The minimum atomic E-state index is -3.70. The Balaban J connectivity index is 0. The van der Waals surface area contributed by atoms with E-state index < -0.39 is 7.29 Å². The molecule has 0 aromatic rings. The molecule has 6 heteroatoms. The van der Waals surface area contributed by atoms with Crippen LogP contribution in [0.4, 0.5) is 0 Å². The molecule has 0 aromatic heterocycles. The average Bonchev–Trinajstić information content (AvgIpc) is 0.722. The van der Waals surface area contributed by atoms with Crippen molar-refractivity contribution in [2.45, 2.75) is 0 Å². The molecule has 0 atom stereocenters. The van der Waals surface area contributed by atoms with Crippen LogP contribution in [0.3, 0.4) is 0 Å². The Morgan fingerprint density at radius 1 is 1.50 bits per heavy atom. The van der Waals surface area contributed by atoms with Gasteiger partial charge in [-0.1, -0.05) is 0 Å². The Bertz CT molecular complexity index is 94.0. The molecule has 37 valence electrons. The number of halogens is 1. The molecule has 0 bridgehead atoms. The van der Waals surface area contributed by atoms with Crippen molar-refractivity contribution in [3.8, 4) is 0 Å². The van der Waals surface area contributed by atoms with Gasteiger partial charge in [0.1, 0.15) is 21.2 Å². The summed E-state index contributed by atoms with van der Waals surface area (Å²) >= 11 is 0.905. The van der Waals surface area contributed by atoms with E-state index in [4.69, 9.17) is 4.55 Å². The minimum Gasteiger partial charge on any atom is -0.278 e. The molecule has 0 heterocycles. The van der Waals surface area contributed by atoms with Gasteiger partial charge in [0.15, 0.2) is 0 Å². The van der Waals surface area contributed by atoms with Crippen LogP contribution in [0.15, 0.2) is 0 Å². The van der Waals surface area contributed by atoms with Crippen LogP contribution in [-0.2, 0) is 7.29 Å². The second-order valence-corrected chi connectivity index (χ2v) is 4.58. The average molecular weight is 330 g/mol. The molecule has 0 rings (SSSR count). The zero-order chi connectivity index (χ0) is 4.50. The zero-order valence-electron chi connectivity index (χ0n) is 2.50. The van der Waals surface area contributed by atoms with Gasteiger partial charge < -0.3 is 0 Å². The largest absolute Gasteiger partial charge is 0.318 e. The number of hydrogen-bond acceptors (Lipinski definition) is 2. The second-order valence-electron chi connectivity index (χ2n) is 0.412. The summed E-state index contributed by atoms with van der Waals surface area (Å²) in [5, 5.41) is 0. The SMILES string of the molecule is O=S(=O)(O)I.[Sb]. The third-order valence-corrected chi connectivity index (χ3v) is 0. The maximum Gasteiger partial charge on any atom is 0.318 e. The molecule has 3 nitrogen and oxygen atoms in total. The Morgan fingerprint density at radius 2 is 1.50 bits per heavy atom. The van der Waals surface area contributed by atoms with Gasteiger partial charge in [-0.15, -0.1) is 0 Å². The van der Waals surface area contributed by atoms with E-state index in [1.807, 2.05) is 0 Å². The van der Waals surface area contributed by atoms with Crippen molar-refractivity contribution >= 4 is 52.9 Å². The Kier molecular flexibility index (Phi) is 6.02. The molecule has 0 unspecified atom stereocenters. The van der Waals surface area contributed by atoms with E-state index in [0.717, 1.165) is 21.2 Å². The Morgan fingerprint density at radius 3 is 1.50 bits per heavy atom. The maximum atomic E-state index is 9.17. The summed E-state index contributed by atoms with van der Waals surface area (Å²) in [6.45, 7) is 0. The monoisotopic (exact) mass is 329 g/mol. The van der Waals surface area contributed by atoms with Crippen LogP contribution < -0.4 is 0 Å². The van der Waals surface area contributed by atoms with Crippen molar-refractivity contribution in [1.82, 2.24) is 0 Å². The maximum absolute atomic E-state index is 9.17. The van der Waals surface area contributed by atoms with E-state index in [1.54, 1.807) is 0 Å². The first-order chi connectivity index (χ1) is 2.00. The quantitative estimate of drug-likeness (QED) is 0.291.